The van der Waals surface area contributed by atoms with Crippen molar-refractivity contribution in [1.82, 2.24) is 5.48 Å². The van der Waals surface area contributed by atoms with Gasteiger partial charge in [0, 0.05) is 0 Å². The zero-order valence-electron chi connectivity index (χ0n) is 10.7. The van der Waals surface area contributed by atoms with E-state index in [-0.39, 0.29) is 6.04 Å². The molecule has 1 unspecified atom stereocenters. The van der Waals surface area contributed by atoms with Gasteiger partial charge in [-0.3, -0.25) is 0 Å². The lowest BCUT2D eigenvalue weighted by Crippen LogP contribution is -2.13. The number of ether oxygens (including phenoxy) is 1. The Morgan fingerprint density at radius 3 is 2.74 bits per heavy atom. The summed E-state index contributed by atoms with van der Waals surface area (Å²) in [5.74, 6) is 0.930. The molecule has 2 N–H and O–H groups in total. The summed E-state index contributed by atoms with van der Waals surface area (Å²) in [6.07, 6.45) is 1.86. The Hall–Kier alpha value is -1.84. The summed E-state index contributed by atoms with van der Waals surface area (Å²) >= 11 is 0. The van der Waals surface area contributed by atoms with Crippen molar-refractivity contribution in [3.8, 4) is 5.75 Å². The number of fused-ring (bicyclic) bond motifs is 1. The van der Waals surface area contributed by atoms with Gasteiger partial charge in [0.05, 0.1) is 6.04 Å². The Labute approximate surface area is 112 Å². The minimum atomic E-state index is 0.0373. The van der Waals surface area contributed by atoms with Crippen molar-refractivity contribution in [2.24, 2.45) is 0 Å². The van der Waals surface area contributed by atoms with Crippen LogP contribution in [-0.2, 0) is 13.0 Å². The van der Waals surface area contributed by atoms with E-state index in [1.54, 1.807) is 0 Å². The van der Waals surface area contributed by atoms with Gasteiger partial charge in [-0.25, -0.2) is 0 Å². The first-order valence-corrected chi connectivity index (χ1v) is 6.56. The fraction of sp³-hybridized carbons (Fsp3) is 0.250. The molecule has 1 aliphatic carbocycles. The molecule has 0 bridgehead atoms. The molecule has 1 aliphatic rings. The van der Waals surface area contributed by atoms with Crippen LogP contribution in [0.15, 0.2) is 48.5 Å². The lowest BCUT2D eigenvalue weighted by atomic mass is 10.1. The summed E-state index contributed by atoms with van der Waals surface area (Å²) in [5.41, 5.74) is 5.89. The second-order valence-corrected chi connectivity index (χ2v) is 4.82. The van der Waals surface area contributed by atoms with Gasteiger partial charge in [-0.15, -0.1) is 0 Å². The zero-order valence-corrected chi connectivity index (χ0v) is 10.7. The highest BCUT2D eigenvalue weighted by atomic mass is 16.5. The summed E-state index contributed by atoms with van der Waals surface area (Å²) in [4.78, 5) is 0. The molecule has 1 atom stereocenters. The monoisotopic (exact) mass is 255 g/mol. The zero-order chi connectivity index (χ0) is 13.1. The normalized spacial score (nSPS) is 17.2. The van der Waals surface area contributed by atoms with Crippen molar-refractivity contribution in [3.63, 3.8) is 0 Å². The van der Waals surface area contributed by atoms with Crippen LogP contribution < -0.4 is 10.2 Å². The Morgan fingerprint density at radius 2 is 1.95 bits per heavy atom. The molecule has 0 aliphatic heterocycles. The van der Waals surface area contributed by atoms with E-state index in [1.807, 2.05) is 36.4 Å². The van der Waals surface area contributed by atoms with Crippen LogP contribution in [0.3, 0.4) is 0 Å². The molecule has 0 saturated carbocycles. The standard InChI is InChI=1S/C16H17NO2/c18-17-15-10-9-14-13(15)7-4-8-16(14)19-11-12-5-2-1-3-6-12/h1-8,15,17-18H,9-11H2. The van der Waals surface area contributed by atoms with E-state index in [9.17, 15) is 0 Å². The fourth-order valence-corrected chi connectivity index (χ4v) is 2.63. The van der Waals surface area contributed by atoms with Crippen LogP contribution in [-0.4, -0.2) is 5.21 Å². The lowest BCUT2D eigenvalue weighted by Gasteiger charge is -2.12. The molecule has 0 spiro atoms. The third-order valence-corrected chi connectivity index (χ3v) is 3.62. The Balaban J connectivity index is 1.78. The van der Waals surface area contributed by atoms with Crippen LogP contribution in [0, 0.1) is 0 Å². The van der Waals surface area contributed by atoms with Crippen molar-refractivity contribution >= 4 is 0 Å². The number of hydroxylamine groups is 1. The molecule has 2 aromatic rings. The van der Waals surface area contributed by atoms with Gasteiger partial charge in [-0.05, 0) is 35.6 Å². The van der Waals surface area contributed by atoms with Gasteiger partial charge in [0.25, 0.3) is 0 Å². The van der Waals surface area contributed by atoms with E-state index in [0.717, 1.165) is 29.7 Å². The summed E-state index contributed by atoms with van der Waals surface area (Å²) < 4.78 is 5.92. The van der Waals surface area contributed by atoms with Gasteiger partial charge < -0.3 is 9.94 Å². The van der Waals surface area contributed by atoms with Crippen LogP contribution in [0.5, 0.6) is 5.75 Å². The summed E-state index contributed by atoms with van der Waals surface area (Å²) in [6.45, 7) is 0.578. The maximum absolute atomic E-state index is 9.12. The molecular weight excluding hydrogens is 238 g/mol. The number of benzene rings is 2. The van der Waals surface area contributed by atoms with Crippen molar-refractivity contribution in [3.05, 3.63) is 65.2 Å². The minimum absolute atomic E-state index is 0.0373. The minimum Gasteiger partial charge on any atom is -0.489 e. The van der Waals surface area contributed by atoms with Crippen LogP contribution in [0.4, 0.5) is 0 Å². The molecule has 0 aromatic heterocycles. The molecule has 3 rings (SSSR count). The van der Waals surface area contributed by atoms with E-state index in [2.05, 4.69) is 17.6 Å². The molecule has 3 heteroatoms. The van der Waals surface area contributed by atoms with E-state index in [4.69, 9.17) is 9.94 Å². The number of rotatable bonds is 4. The Morgan fingerprint density at radius 1 is 1.11 bits per heavy atom. The first-order chi connectivity index (χ1) is 9.38. The molecule has 2 aromatic carbocycles. The average Bonchev–Trinajstić information content (AvgIpc) is 2.90. The highest BCUT2D eigenvalue weighted by Gasteiger charge is 2.24. The van der Waals surface area contributed by atoms with Crippen LogP contribution >= 0.6 is 0 Å². The molecule has 0 amide bonds. The Bertz CT molecular complexity index is 554. The third kappa shape index (κ3) is 2.48. The maximum atomic E-state index is 9.12. The predicted molar refractivity (Wildman–Crippen MR) is 73.2 cm³/mol. The maximum Gasteiger partial charge on any atom is 0.123 e. The van der Waals surface area contributed by atoms with Crippen LogP contribution in [0.2, 0.25) is 0 Å². The molecule has 19 heavy (non-hydrogen) atoms. The van der Waals surface area contributed by atoms with Crippen molar-refractivity contribution < 1.29 is 9.94 Å². The van der Waals surface area contributed by atoms with E-state index in [0.29, 0.717) is 6.61 Å². The summed E-state index contributed by atoms with van der Waals surface area (Å²) in [6, 6.07) is 16.2. The Kier molecular flexibility index (Phi) is 3.49. The third-order valence-electron chi connectivity index (χ3n) is 3.62. The molecular formula is C16H17NO2. The van der Waals surface area contributed by atoms with Crippen molar-refractivity contribution in [2.45, 2.75) is 25.5 Å². The quantitative estimate of drug-likeness (QED) is 0.824. The molecule has 3 nitrogen and oxygen atoms in total. The largest absolute Gasteiger partial charge is 0.489 e. The number of hydrogen-bond acceptors (Lipinski definition) is 3. The molecule has 0 radical (unpaired) electrons. The second-order valence-electron chi connectivity index (χ2n) is 4.82. The van der Waals surface area contributed by atoms with Gasteiger partial charge in [-0.2, -0.15) is 5.48 Å². The van der Waals surface area contributed by atoms with Crippen LogP contribution in [0.1, 0.15) is 29.2 Å². The smallest absolute Gasteiger partial charge is 0.123 e. The first-order valence-electron chi connectivity index (χ1n) is 6.56. The van der Waals surface area contributed by atoms with Crippen molar-refractivity contribution in [2.75, 3.05) is 0 Å². The summed E-state index contributed by atoms with van der Waals surface area (Å²) in [5, 5.41) is 9.12. The number of hydrogen-bond donors (Lipinski definition) is 2. The topological polar surface area (TPSA) is 41.5 Å². The summed E-state index contributed by atoms with van der Waals surface area (Å²) in [7, 11) is 0. The predicted octanol–water partition coefficient (Wildman–Crippen LogP) is 3.23. The second kappa shape index (κ2) is 5.43. The van der Waals surface area contributed by atoms with Gasteiger partial charge in [0.15, 0.2) is 0 Å². The molecule has 0 heterocycles. The van der Waals surface area contributed by atoms with Gasteiger partial charge in [-0.1, -0.05) is 42.5 Å². The molecule has 0 saturated heterocycles. The SMILES string of the molecule is ONC1CCc2c(OCc3ccccc3)cccc21. The number of nitrogens with one attached hydrogen (secondary N) is 1. The lowest BCUT2D eigenvalue weighted by molar-refractivity contribution is 0.126. The van der Waals surface area contributed by atoms with Crippen LogP contribution in [0.25, 0.3) is 0 Å². The van der Waals surface area contributed by atoms with Crippen molar-refractivity contribution in [1.29, 1.82) is 0 Å². The molecule has 0 fully saturated rings. The van der Waals surface area contributed by atoms with E-state index in [1.165, 1.54) is 5.56 Å². The highest BCUT2D eigenvalue weighted by molar-refractivity contribution is 5.45. The fourth-order valence-electron chi connectivity index (χ4n) is 2.63. The van der Waals surface area contributed by atoms with Gasteiger partial charge >= 0.3 is 0 Å². The van der Waals surface area contributed by atoms with E-state index < -0.39 is 0 Å². The van der Waals surface area contributed by atoms with Gasteiger partial charge in [0.1, 0.15) is 12.4 Å². The first kappa shape index (κ1) is 12.2. The average molecular weight is 255 g/mol. The molecule has 98 valence electrons. The van der Waals surface area contributed by atoms with Gasteiger partial charge in [0.2, 0.25) is 0 Å². The highest BCUT2D eigenvalue weighted by Crippen LogP contribution is 2.36. The van der Waals surface area contributed by atoms with E-state index >= 15 is 0 Å².